The molecule has 5 heteroatoms. The minimum Gasteiger partial charge on any atom is -0.371 e. The maximum atomic E-state index is 11.7. The largest absolute Gasteiger partial charge is 0.371 e. The summed E-state index contributed by atoms with van der Waals surface area (Å²) < 4.78 is 26.0. The molecule has 1 unspecified atom stereocenters. The highest BCUT2D eigenvalue weighted by Gasteiger charge is 2.16. The van der Waals surface area contributed by atoms with Crippen molar-refractivity contribution in [3.63, 3.8) is 0 Å². The van der Waals surface area contributed by atoms with E-state index in [1.54, 1.807) is 0 Å². The van der Waals surface area contributed by atoms with Gasteiger partial charge >= 0.3 is 0 Å². The Morgan fingerprint density at radius 2 is 2.00 bits per heavy atom. The normalized spacial score (nSPS) is 19.9. The first kappa shape index (κ1) is 15.2. The SMILES string of the molecule is CCCS(=O)(=O)Nc1ccc(N2CCCC(C)C2)cc1. The van der Waals surface area contributed by atoms with Crippen LogP contribution in [0.4, 0.5) is 11.4 Å². The third kappa shape index (κ3) is 4.13. The zero-order valence-electron chi connectivity index (χ0n) is 12.3. The fourth-order valence-corrected chi connectivity index (χ4v) is 3.80. The van der Waals surface area contributed by atoms with Gasteiger partial charge in [0.05, 0.1) is 5.75 Å². The highest BCUT2D eigenvalue weighted by atomic mass is 32.2. The fourth-order valence-electron chi connectivity index (χ4n) is 2.66. The Hall–Kier alpha value is -1.23. The number of nitrogens with zero attached hydrogens (tertiary/aromatic N) is 1. The molecule has 0 spiro atoms. The van der Waals surface area contributed by atoms with E-state index in [0.29, 0.717) is 12.1 Å². The molecule has 1 N–H and O–H groups in total. The summed E-state index contributed by atoms with van der Waals surface area (Å²) in [5.74, 6) is 0.893. The second-order valence-electron chi connectivity index (χ2n) is 5.66. The Kier molecular flexibility index (Phi) is 4.91. The zero-order chi connectivity index (χ0) is 14.6. The Balaban J connectivity index is 2.03. The lowest BCUT2D eigenvalue weighted by Crippen LogP contribution is -2.34. The topological polar surface area (TPSA) is 49.4 Å². The van der Waals surface area contributed by atoms with Crippen molar-refractivity contribution in [3.8, 4) is 0 Å². The van der Waals surface area contributed by atoms with Crippen LogP contribution in [-0.4, -0.2) is 27.3 Å². The van der Waals surface area contributed by atoms with Crippen LogP contribution < -0.4 is 9.62 Å². The number of hydrogen-bond acceptors (Lipinski definition) is 3. The molecular weight excluding hydrogens is 272 g/mol. The van der Waals surface area contributed by atoms with E-state index >= 15 is 0 Å². The molecule has 0 radical (unpaired) electrons. The molecule has 1 saturated heterocycles. The van der Waals surface area contributed by atoms with E-state index in [-0.39, 0.29) is 5.75 Å². The number of hydrogen-bond donors (Lipinski definition) is 1. The van der Waals surface area contributed by atoms with Crippen LogP contribution in [0, 0.1) is 5.92 Å². The van der Waals surface area contributed by atoms with Gasteiger partial charge in [-0.3, -0.25) is 4.72 Å². The van der Waals surface area contributed by atoms with Crippen molar-refractivity contribution in [2.24, 2.45) is 5.92 Å². The molecule has 1 atom stereocenters. The second kappa shape index (κ2) is 6.48. The van der Waals surface area contributed by atoms with Crippen LogP contribution in [0.25, 0.3) is 0 Å². The maximum Gasteiger partial charge on any atom is 0.232 e. The van der Waals surface area contributed by atoms with E-state index in [1.807, 2.05) is 31.2 Å². The average molecular weight is 296 g/mol. The molecule has 2 rings (SSSR count). The molecule has 0 aromatic heterocycles. The van der Waals surface area contributed by atoms with Crippen LogP contribution >= 0.6 is 0 Å². The highest BCUT2D eigenvalue weighted by Crippen LogP contribution is 2.24. The van der Waals surface area contributed by atoms with Crippen LogP contribution in [0.2, 0.25) is 0 Å². The van der Waals surface area contributed by atoms with Gasteiger partial charge in [-0.25, -0.2) is 8.42 Å². The van der Waals surface area contributed by atoms with E-state index in [1.165, 1.54) is 18.5 Å². The third-order valence-corrected chi connectivity index (χ3v) is 5.13. The molecule has 1 aliphatic heterocycles. The minimum absolute atomic E-state index is 0.165. The molecule has 0 bridgehead atoms. The quantitative estimate of drug-likeness (QED) is 0.908. The van der Waals surface area contributed by atoms with Crippen LogP contribution in [0.15, 0.2) is 24.3 Å². The lowest BCUT2D eigenvalue weighted by molar-refractivity contribution is 0.447. The molecule has 0 aliphatic carbocycles. The number of nitrogens with one attached hydrogen (secondary N) is 1. The Bertz CT molecular complexity index is 525. The molecule has 1 aliphatic rings. The van der Waals surface area contributed by atoms with Gasteiger partial charge in [0.1, 0.15) is 0 Å². The Labute approximate surface area is 122 Å². The van der Waals surface area contributed by atoms with E-state index < -0.39 is 10.0 Å². The van der Waals surface area contributed by atoms with Crippen molar-refractivity contribution in [1.29, 1.82) is 0 Å². The summed E-state index contributed by atoms with van der Waals surface area (Å²) in [6, 6.07) is 7.70. The average Bonchev–Trinajstić information content (AvgIpc) is 2.39. The molecule has 1 aromatic rings. The van der Waals surface area contributed by atoms with E-state index in [9.17, 15) is 8.42 Å². The number of benzene rings is 1. The summed E-state index contributed by atoms with van der Waals surface area (Å²) in [6.45, 7) is 6.31. The van der Waals surface area contributed by atoms with Gasteiger partial charge in [-0.05, 0) is 49.4 Å². The van der Waals surface area contributed by atoms with Crippen molar-refractivity contribution in [2.45, 2.75) is 33.1 Å². The van der Waals surface area contributed by atoms with Gasteiger partial charge < -0.3 is 4.90 Å². The number of anilines is 2. The van der Waals surface area contributed by atoms with Gasteiger partial charge in [-0.2, -0.15) is 0 Å². The summed E-state index contributed by atoms with van der Waals surface area (Å²) >= 11 is 0. The monoisotopic (exact) mass is 296 g/mol. The van der Waals surface area contributed by atoms with Crippen molar-refractivity contribution in [3.05, 3.63) is 24.3 Å². The molecule has 112 valence electrons. The van der Waals surface area contributed by atoms with Crippen LogP contribution in [0.3, 0.4) is 0 Å². The summed E-state index contributed by atoms with van der Waals surface area (Å²) in [4.78, 5) is 2.37. The van der Waals surface area contributed by atoms with Gasteiger partial charge in [0.2, 0.25) is 10.0 Å². The number of piperidine rings is 1. The van der Waals surface area contributed by atoms with Crippen LogP contribution in [0.1, 0.15) is 33.1 Å². The van der Waals surface area contributed by atoms with E-state index in [0.717, 1.165) is 19.0 Å². The fraction of sp³-hybridized carbons (Fsp3) is 0.600. The molecule has 4 nitrogen and oxygen atoms in total. The van der Waals surface area contributed by atoms with Crippen molar-refractivity contribution in [1.82, 2.24) is 0 Å². The predicted molar refractivity (Wildman–Crippen MR) is 84.8 cm³/mol. The third-order valence-electron chi connectivity index (χ3n) is 3.64. The predicted octanol–water partition coefficient (Wildman–Crippen LogP) is 3.07. The zero-order valence-corrected chi connectivity index (χ0v) is 13.1. The number of rotatable bonds is 5. The molecule has 0 amide bonds. The second-order valence-corrected chi connectivity index (χ2v) is 7.50. The first-order valence-electron chi connectivity index (χ1n) is 7.35. The first-order valence-corrected chi connectivity index (χ1v) is 9.01. The van der Waals surface area contributed by atoms with Gasteiger partial charge in [0.25, 0.3) is 0 Å². The standard InChI is InChI=1S/C15H24N2O2S/c1-3-11-20(18,19)16-14-6-8-15(9-7-14)17-10-4-5-13(2)12-17/h6-9,13,16H,3-5,10-12H2,1-2H3. The molecule has 1 heterocycles. The highest BCUT2D eigenvalue weighted by molar-refractivity contribution is 7.92. The van der Waals surface area contributed by atoms with Crippen LogP contribution in [-0.2, 0) is 10.0 Å². The van der Waals surface area contributed by atoms with Gasteiger partial charge in [0.15, 0.2) is 0 Å². The molecule has 0 saturated carbocycles. The Morgan fingerprint density at radius 1 is 1.30 bits per heavy atom. The smallest absolute Gasteiger partial charge is 0.232 e. The molecular formula is C15H24N2O2S. The van der Waals surface area contributed by atoms with Crippen molar-refractivity contribution >= 4 is 21.4 Å². The summed E-state index contributed by atoms with van der Waals surface area (Å²) in [5.41, 5.74) is 1.82. The lowest BCUT2D eigenvalue weighted by atomic mass is 10.00. The van der Waals surface area contributed by atoms with Gasteiger partial charge in [-0.15, -0.1) is 0 Å². The van der Waals surface area contributed by atoms with Gasteiger partial charge in [-0.1, -0.05) is 13.8 Å². The summed E-state index contributed by atoms with van der Waals surface area (Å²) in [5, 5.41) is 0. The van der Waals surface area contributed by atoms with E-state index in [2.05, 4.69) is 16.5 Å². The minimum atomic E-state index is -3.19. The lowest BCUT2D eigenvalue weighted by Gasteiger charge is -2.32. The first-order chi connectivity index (χ1) is 9.50. The van der Waals surface area contributed by atoms with Crippen molar-refractivity contribution < 1.29 is 8.42 Å². The van der Waals surface area contributed by atoms with Crippen LogP contribution in [0.5, 0.6) is 0 Å². The summed E-state index contributed by atoms with van der Waals surface area (Å²) in [7, 11) is -3.19. The number of sulfonamides is 1. The molecule has 1 fully saturated rings. The maximum absolute atomic E-state index is 11.7. The summed E-state index contributed by atoms with van der Waals surface area (Å²) in [6.07, 6.45) is 3.15. The van der Waals surface area contributed by atoms with E-state index in [4.69, 9.17) is 0 Å². The molecule has 1 aromatic carbocycles. The Morgan fingerprint density at radius 3 is 2.60 bits per heavy atom. The van der Waals surface area contributed by atoms with Gasteiger partial charge in [0, 0.05) is 24.5 Å². The van der Waals surface area contributed by atoms with Crippen molar-refractivity contribution in [2.75, 3.05) is 28.5 Å². The molecule has 20 heavy (non-hydrogen) atoms.